The Kier molecular flexibility index (Phi) is 5.48. The van der Waals surface area contributed by atoms with E-state index in [0.717, 1.165) is 0 Å². The molecular formula is C7H9O6P. The minimum Gasteiger partial charge on any atom is -0.478 e. The summed E-state index contributed by atoms with van der Waals surface area (Å²) in [5, 5.41) is 8.16. The van der Waals surface area contributed by atoms with Gasteiger partial charge in [0, 0.05) is 12.2 Å². The molecule has 0 aliphatic rings. The molecule has 0 saturated carbocycles. The fraction of sp³-hybridized carbons (Fsp3) is 0.286. The minimum absolute atomic E-state index is 0.612. The molecule has 0 heterocycles. The van der Waals surface area contributed by atoms with Gasteiger partial charge in [-0.2, -0.15) is 0 Å². The first-order valence-corrected chi connectivity index (χ1v) is 3.96. The summed E-state index contributed by atoms with van der Waals surface area (Å²) in [7, 11) is 1.71. The Balaban J connectivity index is 4.07. The fourth-order valence-corrected chi connectivity index (χ4v) is 0.688. The van der Waals surface area contributed by atoms with Gasteiger partial charge in [-0.05, 0) is 6.92 Å². The van der Waals surface area contributed by atoms with E-state index in [4.69, 9.17) is 5.11 Å². The van der Waals surface area contributed by atoms with E-state index >= 15 is 0 Å². The zero-order valence-corrected chi connectivity index (χ0v) is 8.45. The molecule has 78 valence electrons. The molecule has 0 saturated heterocycles. The highest BCUT2D eigenvalue weighted by Gasteiger charge is 2.16. The van der Waals surface area contributed by atoms with Crippen molar-refractivity contribution >= 4 is 27.4 Å². The average Bonchev–Trinajstić information content (AvgIpc) is 2.13. The van der Waals surface area contributed by atoms with Gasteiger partial charge in [0.1, 0.15) is 0 Å². The number of esters is 1. The molecule has 0 aliphatic carbocycles. The van der Waals surface area contributed by atoms with Crippen molar-refractivity contribution in [2.45, 2.75) is 13.0 Å². The van der Waals surface area contributed by atoms with Crippen LogP contribution >= 0.6 is 9.47 Å². The maximum absolute atomic E-state index is 10.8. The number of carboxylic acid groups (broad SMARTS) is 1. The van der Waals surface area contributed by atoms with Crippen molar-refractivity contribution in [2.75, 3.05) is 0 Å². The SMILES string of the molecule is C[C@H](OC(=O)/C=C/C(=O)O)C(=O)OP. The molecule has 0 amide bonds. The van der Waals surface area contributed by atoms with Gasteiger partial charge in [-0.15, -0.1) is 0 Å². The monoisotopic (exact) mass is 220 g/mol. The van der Waals surface area contributed by atoms with Crippen LogP contribution in [0.15, 0.2) is 12.2 Å². The van der Waals surface area contributed by atoms with Gasteiger partial charge in [-0.3, -0.25) is 0 Å². The van der Waals surface area contributed by atoms with Crippen LogP contribution in [0.3, 0.4) is 0 Å². The third-order valence-corrected chi connectivity index (χ3v) is 1.34. The van der Waals surface area contributed by atoms with Crippen LogP contribution in [-0.4, -0.2) is 29.1 Å². The van der Waals surface area contributed by atoms with Crippen LogP contribution in [-0.2, 0) is 23.6 Å². The quantitative estimate of drug-likeness (QED) is 0.404. The summed E-state index contributed by atoms with van der Waals surface area (Å²) in [5.41, 5.74) is 0. The van der Waals surface area contributed by atoms with Gasteiger partial charge < -0.3 is 14.4 Å². The molecule has 1 unspecified atom stereocenters. The molecule has 0 rings (SSSR count). The summed E-state index contributed by atoms with van der Waals surface area (Å²) in [5.74, 6) is -2.94. The Morgan fingerprint density at radius 2 is 1.93 bits per heavy atom. The van der Waals surface area contributed by atoms with Crippen LogP contribution in [0, 0.1) is 0 Å². The second-order valence-electron chi connectivity index (χ2n) is 2.19. The summed E-state index contributed by atoms with van der Waals surface area (Å²) in [4.78, 5) is 31.5. The first-order chi connectivity index (χ1) is 6.47. The Morgan fingerprint density at radius 1 is 1.36 bits per heavy atom. The molecule has 0 aromatic heterocycles. The van der Waals surface area contributed by atoms with Crippen molar-refractivity contribution in [3.63, 3.8) is 0 Å². The van der Waals surface area contributed by atoms with Gasteiger partial charge in [0.05, 0.1) is 9.47 Å². The van der Waals surface area contributed by atoms with Gasteiger partial charge in [0.25, 0.3) is 0 Å². The van der Waals surface area contributed by atoms with Crippen molar-refractivity contribution in [3.8, 4) is 0 Å². The number of carbonyl (C=O) groups excluding carboxylic acids is 2. The largest absolute Gasteiger partial charge is 0.478 e. The lowest BCUT2D eigenvalue weighted by atomic mass is 10.4. The van der Waals surface area contributed by atoms with E-state index < -0.39 is 24.0 Å². The van der Waals surface area contributed by atoms with Gasteiger partial charge in [-0.1, -0.05) is 0 Å². The topological polar surface area (TPSA) is 89.9 Å². The second kappa shape index (κ2) is 6.10. The van der Waals surface area contributed by atoms with Crippen LogP contribution in [0.2, 0.25) is 0 Å². The summed E-state index contributed by atoms with van der Waals surface area (Å²) < 4.78 is 8.68. The van der Waals surface area contributed by atoms with Crippen molar-refractivity contribution in [1.82, 2.24) is 0 Å². The molecule has 14 heavy (non-hydrogen) atoms. The third kappa shape index (κ3) is 5.27. The lowest BCUT2D eigenvalue weighted by Gasteiger charge is -2.07. The van der Waals surface area contributed by atoms with Gasteiger partial charge >= 0.3 is 17.9 Å². The van der Waals surface area contributed by atoms with Gasteiger partial charge in [-0.25, -0.2) is 14.4 Å². The Bertz CT molecular complexity index is 271. The molecular weight excluding hydrogens is 211 g/mol. The van der Waals surface area contributed by atoms with Crippen LogP contribution in [0.5, 0.6) is 0 Å². The number of carboxylic acids is 1. The lowest BCUT2D eigenvalue weighted by molar-refractivity contribution is -0.156. The summed E-state index contributed by atoms with van der Waals surface area (Å²) in [6.07, 6.45) is 0.245. The summed E-state index contributed by atoms with van der Waals surface area (Å²) in [6.45, 7) is 1.30. The zero-order valence-electron chi connectivity index (χ0n) is 7.30. The molecule has 6 nitrogen and oxygen atoms in total. The molecule has 0 aromatic rings. The molecule has 1 N–H and O–H groups in total. The maximum atomic E-state index is 10.8. The normalized spacial score (nSPS) is 12.1. The van der Waals surface area contributed by atoms with Crippen LogP contribution in [0.25, 0.3) is 0 Å². The predicted octanol–water partition coefficient (Wildman–Crippen LogP) is -0.108. The van der Waals surface area contributed by atoms with E-state index in [1.807, 2.05) is 0 Å². The number of aliphatic carboxylic acids is 1. The molecule has 7 heteroatoms. The Morgan fingerprint density at radius 3 is 2.36 bits per heavy atom. The molecule has 0 fully saturated rings. The van der Waals surface area contributed by atoms with Crippen LogP contribution in [0.1, 0.15) is 6.92 Å². The van der Waals surface area contributed by atoms with E-state index in [1.54, 1.807) is 9.47 Å². The van der Waals surface area contributed by atoms with Gasteiger partial charge in [0.2, 0.25) is 0 Å². The molecule has 0 bridgehead atoms. The highest BCUT2D eigenvalue weighted by atomic mass is 31.0. The molecule has 0 radical (unpaired) electrons. The van der Waals surface area contributed by atoms with Crippen LogP contribution < -0.4 is 0 Å². The van der Waals surface area contributed by atoms with E-state index in [0.29, 0.717) is 12.2 Å². The zero-order chi connectivity index (χ0) is 11.1. The summed E-state index contributed by atoms with van der Waals surface area (Å²) in [6, 6.07) is 0. The Labute approximate surface area is 82.2 Å². The number of hydrogen-bond acceptors (Lipinski definition) is 5. The highest BCUT2D eigenvalue weighted by molar-refractivity contribution is 7.10. The van der Waals surface area contributed by atoms with E-state index in [1.165, 1.54) is 6.92 Å². The average molecular weight is 220 g/mol. The third-order valence-electron chi connectivity index (χ3n) is 1.10. The highest BCUT2D eigenvalue weighted by Crippen LogP contribution is 1.99. The Hall–Kier alpha value is -1.42. The lowest BCUT2D eigenvalue weighted by Crippen LogP contribution is -2.23. The van der Waals surface area contributed by atoms with Crippen molar-refractivity contribution < 1.29 is 28.8 Å². The molecule has 2 atom stereocenters. The molecule has 0 spiro atoms. The maximum Gasteiger partial charge on any atom is 0.349 e. The van der Waals surface area contributed by atoms with Crippen molar-refractivity contribution in [3.05, 3.63) is 12.2 Å². The predicted molar refractivity (Wildman–Crippen MR) is 48.1 cm³/mol. The van der Waals surface area contributed by atoms with Crippen molar-refractivity contribution in [1.29, 1.82) is 0 Å². The molecule has 0 aliphatic heterocycles. The summed E-state index contributed by atoms with van der Waals surface area (Å²) >= 11 is 0. The van der Waals surface area contributed by atoms with E-state index in [-0.39, 0.29) is 0 Å². The van der Waals surface area contributed by atoms with E-state index in [9.17, 15) is 14.4 Å². The minimum atomic E-state index is -1.27. The number of hydrogen-bond donors (Lipinski definition) is 1. The standard InChI is InChI=1S/C7H9O6P/c1-4(7(11)13-14)12-6(10)3-2-5(8)9/h2-4H,14H2,1H3,(H,8,9)/b3-2+/t4-/m0/s1. The first-order valence-electron chi connectivity index (χ1n) is 3.49. The molecule has 0 aromatic carbocycles. The van der Waals surface area contributed by atoms with Crippen LogP contribution in [0.4, 0.5) is 0 Å². The second-order valence-corrected chi connectivity index (χ2v) is 2.42. The number of carbonyl (C=O) groups is 3. The van der Waals surface area contributed by atoms with E-state index in [2.05, 4.69) is 9.26 Å². The first kappa shape index (κ1) is 12.6. The van der Waals surface area contributed by atoms with Gasteiger partial charge in [0.15, 0.2) is 6.10 Å². The fourth-order valence-electron chi connectivity index (χ4n) is 0.497. The smallest absolute Gasteiger partial charge is 0.349 e. The van der Waals surface area contributed by atoms with Crippen molar-refractivity contribution in [2.24, 2.45) is 0 Å². The number of rotatable bonds is 4. The number of ether oxygens (including phenoxy) is 1.